The van der Waals surface area contributed by atoms with E-state index in [0.29, 0.717) is 5.75 Å². The summed E-state index contributed by atoms with van der Waals surface area (Å²) in [6.45, 7) is 0.626. The average Bonchev–Trinajstić information content (AvgIpc) is 2.62. The Kier molecular flexibility index (Phi) is 8.04. The number of benzene rings is 2. The molecule has 2 aromatic carbocycles. The summed E-state index contributed by atoms with van der Waals surface area (Å²) in [6.07, 6.45) is 0.830. The zero-order valence-electron chi connectivity index (χ0n) is 14.9. The summed E-state index contributed by atoms with van der Waals surface area (Å²) in [5, 5.41) is 0. The summed E-state index contributed by atoms with van der Waals surface area (Å²) in [5.74, 6) is 1.09. The van der Waals surface area contributed by atoms with E-state index in [4.69, 9.17) is 17.4 Å². The van der Waals surface area contributed by atoms with Crippen molar-refractivity contribution in [2.24, 2.45) is 0 Å². The van der Waals surface area contributed by atoms with Crippen LogP contribution in [0.4, 0.5) is 0 Å². The van der Waals surface area contributed by atoms with Crippen molar-refractivity contribution in [2.45, 2.75) is 20.3 Å². The molecule has 27 heavy (non-hydrogen) atoms. The molecule has 0 N–H and O–H groups in total. The van der Waals surface area contributed by atoms with Crippen LogP contribution in [0.15, 0.2) is 54.6 Å². The monoisotopic (exact) mass is 432 g/mol. The maximum Gasteiger partial charge on any atom is 0.500 e. The first kappa shape index (κ1) is 21.6. The lowest BCUT2D eigenvalue weighted by Gasteiger charge is -2.17. The van der Waals surface area contributed by atoms with Crippen LogP contribution in [0.3, 0.4) is 0 Å². The second kappa shape index (κ2) is 10.0. The van der Waals surface area contributed by atoms with Crippen molar-refractivity contribution in [1.29, 1.82) is 0 Å². The van der Waals surface area contributed by atoms with Gasteiger partial charge in [0.15, 0.2) is 0 Å². The summed E-state index contributed by atoms with van der Waals surface area (Å²) in [7, 11) is -4.28. The third-order valence-electron chi connectivity index (χ3n) is 2.92. The standard InChI is InChI=1S/C17H21O7PS2/c1-3-14-26-25(18,21-4-2)22-15-10-12-17(13-11-15)24-27(19,20)23-16-8-6-5-7-9-16/h5-13H,3-4,14H2,1-2H3. The Bertz CT molecular complexity index is 855. The van der Waals surface area contributed by atoms with Gasteiger partial charge in [0.25, 0.3) is 0 Å². The van der Waals surface area contributed by atoms with Gasteiger partial charge in [0, 0.05) is 5.75 Å². The largest absolute Gasteiger partial charge is 0.500 e. The second-order valence-corrected chi connectivity index (χ2v) is 10.4. The zero-order chi connectivity index (χ0) is 19.8. The molecule has 0 heterocycles. The quantitative estimate of drug-likeness (QED) is 0.456. The molecule has 148 valence electrons. The van der Waals surface area contributed by atoms with Gasteiger partial charge in [0.1, 0.15) is 17.2 Å². The zero-order valence-corrected chi connectivity index (χ0v) is 17.5. The van der Waals surface area contributed by atoms with Gasteiger partial charge < -0.3 is 12.9 Å². The Morgan fingerprint density at radius 3 is 2.00 bits per heavy atom. The summed E-state index contributed by atoms with van der Waals surface area (Å²) in [5.41, 5.74) is 0. The van der Waals surface area contributed by atoms with E-state index >= 15 is 0 Å². The van der Waals surface area contributed by atoms with E-state index in [1.807, 2.05) is 6.92 Å². The predicted octanol–water partition coefficient (Wildman–Crippen LogP) is 5.06. The van der Waals surface area contributed by atoms with Crippen LogP contribution in [0.1, 0.15) is 20.3 Å². The highest BCUT2D eigenvalue weighted by atomic mass is 32.7. The number of rotatable bonds is 11. The van der Waals surface area contributed by atoms with Gasteiger partial charge in [-0.1, -0.05) is 25.1 Å². The van der Waals surface area contributed by atoms with Crippen molar-refractivity contribution in [3.63, 3.8) is 0 Å². The molecule has 0 spiro atoms. The summed E-state index contributed by atoms with van der Waals surface area (Å²) < 4.78 is 57.0. The van der Waals surface area contributed by atoms with E-state index in [1.165, 1.54) is 36.4 Å². The van der Waals surface area contributed by atoms with Gasteiger partial charge in [-0.25, -0.2) is 4.57 Å². The van der Waals surface area contributed by atoms with Gasteiger partial charge in [-0.15, -0.1) is 8.42 Å². The predicted molar refractivity (Wildman–Crippen MR) is 106 cm³/mol. The molecule has 0 aliphatic heterocycles. The van der Waals surface area contributed by atoms with E-state index < -0.39 is 17.2 Å². The van der Waals surface area contributed by atoms with Crippen molar-refractivity contribution in [3.8, 4) is 17.2 Å². The lowest BCUT2D eigenvalue weighted by molar-refractivity contribution is 0.296. The minimum Gasteiger partial charge on any atom is -0.417 e. The molecule has 7 nitrogen and oxygen atoms in total. The minimum absolute atomic E-state index is 0.0331. The normalized spacial score (nSPS) is 13.6. The van der Waals surface area contributed by atoms with Crippen molar-refractivity contribution in [1.82, 2.24) is 0 Å². The van der Waals surface area contributed by atoms with E-state index in [1.54, 1.807) is 25.1 Å². The molecule has 0 bridgehead atoms. The molecule has 10 heteroatoms. The third kappa shape index (κ3) is 7.46. The van der Waals surface area contributed by atoms with Gasteiger partial charge in [0.2, 0.25) is 0 Å². The van der Waals surface area contributed by atoms with Crippen LogP contribution in [-0.2, 0) is 19.5 Å². The van der Waals surface area contributed by atoms with Crippen molar-refractivity contribution in [3.05, 3.63) is 54.6 Å². The molecular weight excluding hydrogens is 411 g/mol. The van der Waals surface area contributed by atoms with Gasteiger partial charge in [-0.2, -0.15) is 0 Å². The van der Waals surface area contributed by atoms with Crippen LogP contribution in [0.25, 0.3) is 0 Å². The molecule has 1 unspecified atom stereocenters. The topological polar surface area (TPSA) is 88.1 Å². The molecule has 0 saturated heterocycles. The molecular formula is C17H21O7PS2. The Hall–Kier alpha value is -1.67. The molecule has 0 radical (unpaired) electrons. The fourth-order valence-electron chi connectivity index (χ4n) is 1.87. The summed E-state index contributed by atoms with van der Waals surface area (Å²) >= 11 is 1.12. The smallest absolute Gasteiger partial charge is 0.417 e. The fraction of sp³-hybridized carbons (Fsp3) is 0.294. The maximum absolute atomic E-state index is 12.6. The molecule has 1 atom stereocenters. The molecule has 0 fully saturated rings. The van der Waals surface area contributed by atoms with E-state index in [-0.39, 0.29) is 23.9 Å². The Labute approximate surface area is 163 Å². The van der Waals surface area contributed by atoms with Crippen LogP contribution in [0.2, 0.25) is 0 Å². The second-order valence-electron chi connectivity index (χ2n) is 5.15. The van der Waals surface area contributed by atoms with Gasteiger partial charge in [-0.05, 0) is 61.1 Å². The summed E-state index contributed by atoms with van der Waals surface area (Å²) in [6, 6.07) is 13.7. The van der Waals surface area contributed by atoms with Gasteiger partial charge >= 0.3 is 17.2 Å². The number of para-hydroxylation sites is 1. The Balaban J connectivity index is 2.02. The summed E-state index contributed by atoms with van der Waals surface area (Å²) in [4.78, 5) is 0. The van der Waals surface area contributed by atoms with E-state index in [2.05, 4.69) is 0 Å². The Morgan fingerprint density at radius 1 is 0.889 bits per heavy atom. The lowest BCUT2D eigenvalue weighted by atomic mass is 10.3. The number of hydrogen-bond acceptors (Lipinski definition) is 8. The maximum atomic E-state index is 12.6. The third-order valence-corrected chi connectivity index (χ3v) is 7.67. The minimum atomic E-state index is -4.28. The van der Waals surface area contributed by atoms with E-state index in [0.717, 1.165) is 17.8 Å². The molecule has 2 aromatic rings. The van der Waals surface area contributed by atoms with Crippen LogP contribution in [0.5, 0.6) is 17.2 Å². The van der Waals surface area contributed by atoms with Crippen molar-refractivity contribution < 1.29 is 30.4 Å². The molecule has 2 rings (SSSR count). The first-order valence-corrected chi connectivity index (χ1v) is 12.7. The van der Waals surface area contributed by atoms with E-state index in [9.17, 15) is 13.0 Å². The molecule has 0 amide bonds. The van der Waals surface area contributed by atoms with Crippen molar-refractivity contribution in [2.75, 3.05) is 12.4 Å². The first-order valence-electron chi connectivity index (χ1n) is 8.23. The highest BCUT2D eigenvalue weighted by molar-refractivity contribution is 8.55. The lowest BCUT2D eigenvalue weighted by Crippen LogP contribution is -2.16. The van der Waals surface area contributed by atoms with Crippen LogP contribution in [0, 0.1) is 0 Å². The molecule has 0 aliphatic carbocycles. The SMILES string of the molecule is CCCSP(=O)(OCC)Oc1ccc(OS(=O)(=O)Oc2ccccc2)cc1. The van der Waals surface area contributed by atoms with Gasteiger partial charge in [-0.3, -0.25) is 4.52 Å². The molecule has 0 aliphatic rings. The Morgan fingerprint density at radius 2 is 1.44 bits per heavy atom. The average molecular weight is 432 g/mol. The first-order chi connectivity index (χ1) is 12.9. The number of hydrogen-bond donors (Lipinski definition) is 0. The highest BCUT2D eigenvalue weighted by Crippen LogP contribution is 2.60. The molecule has 0 aromatic heterocycles. The highest BCUT2D eigenvalue weighted by Gasteiger charge is 2.26. The van der Waals surface area contributed by atoms with Crippen LogP contribution >= 0.6 is 18.2 Å². The van der Waals surface area contributed by atoms with Crippen LogP contribution < -0.4 is 12.9 Å². The molecule has 0 saturated carbocycles. The van der Waals surface area contributed by atoms with Crippen molar-refractivity contribution >= 4 is 28.6 Å². The van der Waals surface area contributed by atoms with Gasteiger partial charge in [0.05, 0.1) is 6.61 Å². The van der Waals surface area contributed by atoms with Crippen LogP contribution in [-0.4, -0.2) is 20.8 Å². The fourth-order valence-corrected chi connectivity index (χ4v) is 6.05.